The first-order chi connectivity index (χ1) is 10.0. The maximum Gasteiger partial charge on any atom is 0.262 e. The highest BCUT2D eigenvalue weighted by molar-refractivity contribution is 5.72. The second-order valence-corrected chi connectivity index (χ2v) is 5.20. The topological polar surface area (TPSA) is 95.5 Å². The van der Waals surface area contributed by atoms with Crippen LogP contribution >= 0.6 is 0 Å². The molecule has 0 saturated carbocycles. The van der Waals surface area contributed by atoms with Crippen LogP contribution in [0.25, 0.3) is 11.0 Å². The smallest absolute Gasteiger partial charge is 0.262 e. The minimum Gasteiger partial charge on any atom is -0.345 e. The number of aromatic amines is 2. The Morgan fingerprint density at radius 2 is 2.00 bits per heavy atom. The normalized spacial score (nSPS) is 11.6. The van der Waals surface area contributed by atoms with Gasteiger partial charge in [0, 0.05) is 18.9 Å². The first-order valence-electron chi connectivity index (χ1n) is 6.63. The molecule has 0 aromatic carbocycles. The number of aromatic nitrogens is 6. The zero-order chi connectivity index (χ0) is 15.0. The Bertz CT molecular complexity index is 829. The predicted molar refractivity (Wildman–Crippen MR) is 77.6 cm³/mol. The van der Waals surface area contributed by atoms with Crippen molar-refractivity contribution in [3.05, 3.63) is 40.1 Å². The number of aryl methyl sites for hydroxylation is 2. The van der Waals surface area contributed by atoms with Crippen LogP contribution in [0.2, 0.25) is 0 Å². The van der Waals surface area contributed by atoms with Gasteiger partial charge in [0.15, 0.2) is 5.65 Å². The molecule has 0 atom stereocenters. The number of nitrogens with one attached hydrogen (secondary N) is 2. The monoisotopic (exact) mass is 287 g/mol. The van der Waals surface area contributed by atoms with Gasteiger partial charge in [-0.15, -0.1) is 0 Å². The Labute approximate surface area is 120 Å². The molecule has 0 saturated heterocycles. The van der Waals surface area contributed by atoms with E-state index in [4.69, 9.17) is 0 Å². The highest BCUT2D eigenvalue weighted by Crippen LogP contribution is 2.07. The number of nitrogens with zero attached hydrogens (tertiary/aromatic N) is 5. The van der Waals surface area contributed by atoms with E-state index in [0.717, 1.165) is 11.5 Å². The number of hydrogen-bond donors (Lipinski definition) is 2. The summed E-state index contributed by atoms with van der Waals surface area (Å²) in [6.45, 7) is 3.14. The zero-order valence-electron chi connectivity index (χ0n) is 12.2. The van der Waals surface area contributed by atoms with Gasteiger partial charge in [-0.25, -0.2) is 9.97 Å². The Hall–Kier alpha value is -2.48. The molecule has 8 nitrogen and oxygen atoms in total. The molecule has 0 spiro atoms. The fourth-order valence-electron chi connectivity index (χ4n) is 2.27. The number of rotatable bonds is 4. The van der Waals surface area contributed by atoms with E-state index in [0.29, 0.717) is 29.9 Å². The molecule has 3 aromatic heterocycles. The quantitative estimate of drug-likeness (QED) is 0.720. The molecule has 0 aliphatic heterocycles. The Kier molecular flexibility index (Phi) is 3.30. The average Bonchev–Trinajstić information content (AvgIpc) is 2.97. The van der Waals surface area contributed by atoms with Gasteiger partial charge < -0.3 is 9.97 Å². The molecule has 0 fully saturated rings. The first-order valence-corrected chi connectivity index (χ1v) is 6.63. The molecule has 2 N–H and O–H groups in total. The first kappa shape index (κ1) is 13.5. The lowest BCUT2D eigenvalue weighted by Gasteiger charge is -2.14. The van der Waals surface area contributed by atoms with Crippen molar-refractivity contribution in [2.75, 3.05) is 7.05 Å². The van der Waals surface area contributed by atoms with Crippen molar-refractivity contribution in [3.63, 3.8) is 0 Å². The lowest BCUT2D eigenvalue weighted by molar-refractivity contribution is 0.303. The molecule has 3 heterocycles. The Morgan fingerprint density at radius 1 is 1.24 bits per heavy atom. The summed E-state index contributed by atoms with van der Waals surface area (Å²) in [4.78, 5) is 28.7. The summed E-state index contributed by atoms with van der Waals surface area (Å²) in [5, 5.41) is 4.56. The molecule has 0 radical (unpaired) electrons. The van der Waals surface area contributed by atoms with Crippen LogP contribution in [-0.2, 0) is 20.1 Å². The van der Waals surface area contributed by atoms with Crippen LogP contribution in [0.4, 0.5) is 0 Å². The second kappa shape index (κ2) is 5.13. The summed E-state index contributed by atoms with van der Waals surface area (Å²) >= 11 is 0. The van der Waals surface area contributed by atoms with Gasteiger partial charge in [-0.1, -0.05) is 0 Å². The fourth-order valence-corrected chi connectivity index (χ4v) is 2.27. The van der Waals surface area contributed by atoms with Crippen molar-refractivity contribution in [1.82, 2.24) is 34.6 Å². The van der Waals surface area contributed by atoms with Crippen molar-refractivity contribution in [2.24, 2.45) is 7.05 Å². The van der Waals surface area contributed by atoms with Crippen LogP contribution in [0.5, 0.6) is 0 Å². The van der Waals surface area contributed by atoms with Crippen LogP contribution in [0.15, 0.2) is 17.2 Å². The zero-order valence-corrected chi connectivity index (χ0v) is 12.2. The lowest BCUT2D eigenvalue weighted by Crippen LogP contribution is -2.22. The van der Waals surface area contributed by atoms with Crippen LogP contribution in [0.1, 0.15) is 17.3 Å². The van der Waals surface area contributed by atoms with Crippen LogP contribution < -0.4 is 5.56 Å². The van der Waals surface area contributed by atoms with Crippen molar-refractivity contribution >= 4 is 11.0 Å². The third-order valence-electron chi connectivity index (χ3n) is 3.25. The predicted octanol–water partition coefficient (Wildman–Crippen LogP) is 0.320. The van der Waals surface area contributed by atoms with Crippen LogP contribution in [-0.4, -0.2) is 41.7 Å². The molecule has 8 heteroatoms. The van der Waals surface area contributed by atoms with E-state index in [2.05, 4.69) is 25.0 Å². The van der Waals surface area contributed by atoms with Gasteiger partial charge in [0.1, 0.15) is 17.0 Å². The minimum atomic E-state index is -0.162. The Balaban J connectivity index is 1.81. The molecule has 0 aliphatic carbocycles. The van der Waals surface area contributed by atoms with Gasteiger partial charge in [-0.3, -0.25) is 14.4 Å². The highest BCUT2D eigenvalue weighted by Gasteiger charge is 2.10. The summed E-state index contributed by atoms with van der Waals surface area (Å²) in [5.74, 6) is 1.50. The maximum absolute atomic E-state index is 12.0. The molecule has 0 amide bonds. The molecule has 0 bridgehead atoms. The minimum absolute atomic E-state index is 0.162. The van der Waals surface area contributed by atoms with Crippen molar-refractivity contribution < 1.29 is 0 Å². The fraction of sp³-hybridized carbons (Fsp3) is 0.385. The van der Waals surface area contributed by atoms with E-state index >= 15 is 0 Å². The van der Waals surface area contributed by atoms with Gasteiger partial charge in [0.2, 0.25) is 0 Å². The van der Waals surface area contributed by atoms with Gasteiger partial charge in [-0.05, 0) is 14.0 Å². The summed E-state index contributed by atoms with van der Waals surface area (Å²) in [6.07, 6.45) is 3.32. The Morgan fingerprint density at radius 3 is 2.71 bits per heavy atom. The molecular formula is C13H17N7O. The largest absolute Gasteiger partial charge is 0.345 e. The van der Waals surface area contributed by atoms with Gasteiger partial charge in [0.05, 0.1) is 19.3 Å². The second-order valence-electron chi connectivity index (χ2n) is 5.20. The highest BCUT2D eigenvalue weighted by atomic mass is 16.1. The molecule has 3 aromatic rings. The third-order valence-corrected chi connectivity index (χ3v) is 3.25. The number of imidazole rings is 1. The molecule has 0 unspecified atom stereocenters. The van der Waals surface area contributed by atoms with Gasteiger partial charge in [-0.2, -0.15) is 5.10 Å². The van der Waals surface area contributed by atoms with E-state index in [1.54, 1.807) is 17.9 Å². The summed E-state index contributed by atoms with van der Waals surface area (Å²) in [6, 6.07) is 0. The third kappa shape index (κ3) is 2.70. The van der Waals surface area contributed by atoms with Crippen molar-refractivity contribution in [1.29, 1.82) is 0 Å². The van der Waals surface area contributed by atoms with Crippen molar-refractivity contribution in [3.8, 4) is 0 Å². The van der Waals surface area contributed by atoms with E-state index in [1.807, 2.05) is 18.9 Å². The summed E-state index contributed by atoms with van der Waals surface area (Å²) < 4.78 is 1.60. The molecule has 21 heavy (non-hydrogen) atoms. The molecule has 0 aliphatic rings. The standard InChI is InChI=1S/C13H17N7O/c1-8-4-14-10(16-8)6-19(2)7-11-17-12-9(13(21)18-11)5-15-20(12)3/h4-5H,6-7H2,1-3H3,(H,14,16)(H,17,18,21). The molecular weight excluding hydrogens is 270 g/mol. The van der Waals surface area contributed by atoms with E-state index in [9.17, 15) is 4.79 Å². The van der Waals surface area contributed by atoms with E-state index < -0.39 is 0 Å². The van der Waals surface area contributed by atoms with E-state index in [-0.39, 0.29) is 5.56 Å². The van der Waals surface area contributed by atoms with Gasteiger partial charge in [0.25, 0.3) is 5.56 Å². The van der Waals surface area contributed by atoms with Crippen LogP contribution in [0, 0.1) is 6.92 Å². The lowest BCUT2D eigenvalue weighted by atomic mass is 10.4. The van der Waals surface area contributed by atoms with Crippen molar-refractivity contribution in [2.45, 2.75) is 20.0 Å². The molecule has 110 valence electrons. The van der Waals surface area contributed by atoms with E-state index in [1.165, 1.54) is 6.20 Å². The maximum atomic E-state index is 12.0. The summed E-state index contributed by atoms with van der Waals surface area (Å²) in [5.41, 5.74) is 1.46. The van der Waals surface area contributed by atoms with Gasteiger partial charge >= 0.3 is 0 Å². The number of H-pyrrole nitrogens is 2. The average molecular weight is 287 g/mol. The number of hydrogen-bond acceptors (Lipinski definition) is 5. The SMILES string of the molecule is Cc1cnc(CN(C)Cc2nc3c(cnn3C)c(=O)[nH]2)[nH]1. The number of fused-ring (bicyclic) bond motifs is 1. The van der Waals surface area contributed by atoms with Crippen LogP contribution in [0.3, 0.4) is 0 Å². The summed E-state index contributed by atoms with van der Waals surface area (Å²) in [7, 11) is 3.72. The molecule has 3 rings (SSSR count).